The second-order valence-electron chi connectivity index (χ2n) is 9.56. The van der Waals surface area contributed by atoms with Crippen LogP contribution < -0.4 is 51.4 Å². The summed E-state index contributed by atoms with van der Waals surface area (Å²) in [7, 11) is 0. The van der Waals surface area contributed by atoms with Gasteiger partial charge in [0.15, 0.2) is 0 Å². The molecule has 0 spiro atoms. The van der Waals surface area contributed by atoms with Crippen molar-refractivity contribution >= 4 is 11.9 Å². The van der Waals surface area contributed by atoms with Crippen molar-refractivity contribution in [2.24, 2.45) is 0 Å². The predicted octanol–water partition coefficient (Wildman–Crippen LogP) is 2.73. The minimum Gasteiger partial charge on any atom is -0.870 e. The Bertz CT molecular complexity index is 804. The number of rotatable bonds is 22. The Kier molecular flexibility index (Phi) is 39.5. The molecule has 0 rings (SSSR count). The fourth-order valence-corrected chi connectivity index (χ4v) is 2.92. The van der Waals surface area contributed by atoms with Gasteiger partial charge in [-0.3, -0.25) is 45.3 Å². The molecule has 0 aromatic heterocycles. The van der Waals surface area contributed by atoms with Crippen molar-refractivity contribution in [1.29, 1.82) is 0 Å². The van der Waals surface area contributed by atoms with Crippen molar-refractivity contribution in [3.8, 4) is 0 Å². The zero-order valence-electron chi connectivity index (χ0n) is 26.8. The molecule has 0 saturated heterocycles. The quantitative estimate of drug-likeness (QED) is 0.0307. The fourth-order valence-electron chi connectivity index (χ4n) is 2.92. The van der Waals surface area contributed by atoms with Crippen LogP contribution in [-0.2, 0) is 19.1 Å². The van der Waals surface area contributed by atoms with Gasteiger partial charge in [-0.1, -0.05) is 84.6 Å². The fraction of sp³-hybridized carbons (Fsp3) is 0.846. The summed E-state index contributed by atoms with van der Waals surface area (Å²) in [6, 6.07) is 0. The van der Waals surface area contributed by atoms with E-state index in [1.807, 2.05) is 0 Å². The van der Waals surface area contributed by atoms with E-state index in [0.29, 0.717) is 6.61 Å². The molecule has 0 radical (unpaired) electrons. The van der Waals surface area contributed by atoms with E-state index in [2.05, 4.69) is 20.4 Å². The molecule has 0 saturated carbocycles. The summed E-state index contributed by atoms with van der Waals surface area (Å²) >= 11 is 0. The van der Waals surface area contributed by atoms with Gasteiger partial charge >= 0.3 is 75.2 Å². The average Bonchev–Trinajstić information content (AvgIpc) is 2.94. The molecule has 0 atom stereocenters. The van der Waals surface area contributed by atoms with Crippen LogP contribution in [0.1, 0.15) is 118 Å². The Morgan fingerprint density at radius 1 is 0.750 bits per heavy atom. The summed E-state index contributed by atoms with van der Waals surface area (Å²) in [5.74, 6) is -0.938. The Hall–Kier alpha value is -2.12. The first-order valence-electron chi connectivity index (χ1n) is 14.2. The van der Waals surface area contributed by atoms with Gasteiger partial charge in [-0.25, -0.2) is 4.79 Å². The third kappa shape index (κ3) is 31.3. The zero-order chi connectivity index (χ0) is 33.0. The van der Waals surface area contributed by atoms with Crippen molar-refractivity contribution in [3.05, 3.63) is 53.1 Å². The summed E-state index contributed by atoms with van der Waals surface area (Å²) in [6.07, 6.45) is 12.3. The molecule has 0 aliphatic rings. The van der Waals surface area contributed by atoms with Crippen molar-refractivity contribution < 1.29 is 95.6 Å². The Labute approximate surface area is 301 Å². The van der Waals surface area contributed by atoms with Crippen LogP contribution in [-0.4, -0.2) is 62.2 Å². The summed E-state index contributed by atoms with van der Waals surface area (Å²) < 4.78 is 9.76. The number of nitrogens with zero attached hydrogens (tertiary/aromatic N) is 4. The van der Waals surface area contributed by atoms with E-state index in [4.69, 9.17) is 9.47 Å². The monoisotopic (exact) mass is 664 g/mol. The van der Waals surface area contributed by atoms with Crippen LogP contribution in [0.25, 0.3) is 0 Å². The largest absolute Gasteiger partial charge is 1.00 e. The van der Waals surface area contributed by atoms with Crippen LogP contribution in [0, 0.1) is 40.5 Å². The molecule has 0 aromatic rings. The van der Waals surface area contributed by atoms with Crippen LogP contribution in [0.3, 0.4) is 0 Å². The third-order valence-corrected chi connectivity index (χ3v) is 5.87. The zero-order valence-corrected chi connectivity index (χ0v) is 29.9. The average molecular weight is 665 g/mol. The third-order valence-electron chi connectivity index (χ3n) is 5.87. The van der Waals surface area contributed by atoms with E-state index in [-0.39, 0.29) is 75.9 Å². The van der Waals surface area contributed by atoms with Crippen LogP contribution in [0.4, 0.5) is 0 Å². The number of unbranched alkanes of at least 4 members (excludes halogenated alkanes) is 10. The van der Waals surface area contributed by atoms with Crippen LogP contribution in [0.5, 0.6) is 0 Å². The number of carbonyl (C=O) groups excluding carboxylic acids is 2. The molecule has 0 aliphatic carbocycles. The number of ether oxygens (including phenoxy) is 2. The van der Waals surface area contributed by atoms with Crippen LogP contribution >= 0.6 is 0 Å². The van der Waals surface area contributed by atoms with E-state index < -0.39 is 43.9 Å². The second kappa shape index (κ2) is 33.8. The SMILES string of the molecule is C=CC(=O)OCCCCCCCC.CC([N+](=O)[O-])[N+](=O)[O-].CCCCCCCCOC(=O)CCC(C)([N+](=O)[O-])[N+](=O)[O-].[K+].[OH-]. The van der Waals surface area contributed by atoms with Crippen molar-refractivity contribution in [1.82, 2.24) is 0 Å². The molecule has 0 bridgehead atoms. The maximum atomic E-state index is 11.4. The number of hydrogen-bond donors (Lipinski definition) is 0. The number of esters is 2. The molecule has 17 nitrogen and oxygen atoms in total. The van der Waals surface area contributed by atoms with Crippen LogP contribution in [0.15, 0.2) is 12.7 Å². The smallest absolute Gasteiger partial charge is 0.870 e. The first-order chi connectivity index (χ1) is 19.7. The molecule has 0 amide bonds. The topological polar surface area (TPSA) is 255 Å². The maximum Gasteiger partial charge on any atom is 1.00 e. The van der Waals surface area contributed by atoms with Crippen molar-refractivity contribution in [2.75, 3.05) is 13.2 Å². The maximum absolute atomic E-state index is 11.4. The molecule has 44 heavy (non-hydrogen) atoms. The first kappa shape index (κ1) is 51.5. The molecule has 0 aliphatic heterocycles. The van der Waals surface area contributed by atoms with E-state index in [0.717, 1.165) is 52.4 Å². The predicted molar refractivity (Wildman–Crippen MR) is 156 cm³/mol. The Morgan fingerprint density at radius 2 is 1.11 bits per heavy atom. The summed E-state index contributed by atoms with van der Waals surface area (Å²) in [5, 5.41) is 40.4. The minimum atomic E-state index is -2.33. The molecular formula is C26H49KN4O13. The van der Waals surface area contributed by atoms with Crippen molar-refractivity contribution in [3.63, 3.8) is 0 Å². The molecule has 252 valence electrons. The summed E-state index contributed by atoms with van der Waals surface area (Å²) in [6.45, 7) is 10.3. The molecule has 0 heterocycles. The van der Waals surface area contributed by atoms with Crippen LogP contribution in [0.2, 0.25) is 0 Å². The van der Waals surface area contributed by atoms with Gasteiger partial charge in [0.05, 0.1) is 59.6 Å². The molecular weight excluding hydrogens is 615 g/mol. The standard InChI is InChI=1S/C13H24N2O6.C11H20O2.C2H4N2O4.K.H2O/c1-3-4-5-6-7-8-11-21-12(16)9-10-13(2,14(17)18)15(19)20;1-3-5-6-7-8-9-10-13-11(12)4-2;1-2(3(5)6)4(7)8;;/h3-11H2,1-2H3;4H,2-3,5-10H2,1H3;2H,1H3;;1H2/q;;;+1;/p-1. The van der Waals surface area contributed by atoms with Gasteiger partial charge in [-0.2, -0.15) is 0 Å². The van der Waals surface area contributed by atoms with E-state index >= 15 is 0 Å². The van der Waals surface area contributed by atoms with Gasteiger partial charge in [-0.15, -0.1) is 0 Å². The van der Waals surface area contributed by atoms with Gasteiger partial charge in [0, 0.05) is 6.08 Å². The summed E-state index contributed by atoms with van der Waals surface area (Å²) in [4.78, 5) is 58.5. The number of hydrogen-bond acceptors (Lipinski definition) is 13. The van der Waals surface area contributed by atoms with E-state index in [1.165, 1.54) is 44.6 Å². The molecule has 1 N–H and O–H groups in total. The molecule has 0 fully saturated rings. The Balaban J connectivity index is -0.000000189. The number of nitro groups is 4. The molecule has 0 aromatic carbocycles. The van der Waals surface area contributed by atoms with Gasteiger partial charge in [-0.05, 0) is 12.8 Å². The minimum absolute atomic E-state index is 0. The first-order valence-corrected chi connectivity index (χ1v) is 14.2. The van der Waals surface area contributed by atoms with Crippen molar-refractivity contribution in [2.45, 2.75) is 129 Å². The Morgan fingerprint density at radius 3 is 1.43 bits per heavy atom. The summed E-state index contributed by atoms with van der Waals surface area (Å²) in [5.41, 5.74) is -2.33. The molecule has 0 unspecified atom stereocenters. The molecule has 18 heteroatoms. The van der Waals surface area contributed by atoms with E-state index in [1.54, 1.807) is 0 Å². The normalized spacial score (nSPS) is 9.84. The van der Waals surface area contributed by atoms with Gasteiger partial charge in [0.2, 0.25) is 0 Å². The van der Waals surface area contributed by atoms with Gasteiger partial charge < -0.3 is 14.9 Å². The van der Waals surface area contributed by atoms with Gasteiger partial charge in [0.25, 0.3) is 0 Å². The number of carbonyl (C=O) groups is 2. The second-order valence-corrected chi connectivity index (χ2v) is 9.56. The van der Waals surface area contributed by atoms with E-state index in [9.17, 15) is 50.0 Å². The van der Waals surface area contributed by atoms with Gasteiger partial charge in [0.1, 0.15) is 0 Å².